The highest BCUT2D eigenvalue weighted by Gasteiger charge is 2.45. The summed E-state index contributed by atoms with van der Waals surface area (Å²) in [5.41, 5.74) is -0.0867. The molecule has 2 fully saturated rings. The molecule has 2 N–H and O–H groups in total. The van der Waals surface area contributed by atoms with Crippen molar-refractivity contribution in [2.75, 3.05) is 26.2 Å². The maximum absolute atomic E-state index is 12.8. The molecule has 0 saturated carbocycles. The topological polar surface area (TPSA) is 61.4 Å². The van der Waals surface area contributed by atoms with Crippen LogP contribution < -0.4 is 10.6 Å². The molecule has 2 atom stereocenters. The fraction of sp³-hybridized carbons (Fsp3) is 0.579. The molecule has 2 amide bonds. The van der Waals surface area contributed by atoms with E-state index in [1.54, 1.807) is 4.90 Å². The molecule has 2 aliphatic heterocycles. The van der Waals surface area contributed by atoms with Crippen LogP contribution in [0.5, 0.6) is 0 Å². The van der Waals surface area contributed by atoms with Crippen molar-refractivity contribution in [3.8, 4) is 0 Å². The minimum absolute atomic E-state index is 0. The van der Waals surface area contributed by atoms with E-state index in [0.717, 1.165) is 32.4 Å². The third-order valence-corrected chi connectivity index (χ3v) is 5.40. The fourth-order valence-corrected chi connectivity index (χ4v) is 3.80. The van der Waals surface area contributed by atoms with Crippen molar-refractivity contribution in [2.45, 2.75) is 38.1 Å². The van der Waals surface area contributed by atoms with Crippen molar-refractivity contribution in [1.82, 2.24) is 15.5 Å². The summed E-state index contributed by atoms with van der Waals surface area (Å²) >= 11 is 0. The van der Waals surface area contributed by atoms with Crippen LogP contribution in [-0.2, 0) is 4.79 Å². The van der Waals surface area contributed by atoms with E-state index in [-0.39, 0.29) is 24.2 Å². The second kappa shape index (κ2) is 8.68. The van der Waals surface area contributed by atoms with Gasteiger partial charge in [0.1, 0.15) is 5.54 Å². The van der Waals surface area contributed by atoms with E-state index in [4.69, 9.17) is 0 Å². The van der Waals surface area contributed by atoms with Crippen LogP contribution in [0.1, 0.15) is 43.0 Å². The second-order valence-electron chi connectivity index (χ2n) is 7.10. The van der Waals surface area contributed by atoms with Gasteiger partial charge in [-0.15, -0.1) is 12.4 Å². The number of rotatable bonds is 5. The molecule has 0 bridgehead atoms. The number of nitrogens with one attached hydrogen (secondary N) is 2. The Kier molecular flexibility index (Phi) is 6.85. The van der Waals surface area contributed by atoms with Crippen LogP contribution in [0.15, 0.2) is 30.3 Å². The number of likely N-dealkylation sites (tertiary alicyclic amines) is 1. The maximum atomic E-state index is 12.8. The number of benzene rings is 1. The van der Waals surface area contributed by atoms with Gasteiger partial charge in [-0.3, -0.25) is 9.59 Å². The molecule has 0 aliphatic carbocycles. The molecule has 1 aromatic carbocycles. The molecule has 0 spiro atoms. The number of carbonyl (C=O) groups excluding carboxylic acids is 2. The average molecular weight is 366 g/mol. The summed E-state index contributed by atoms with van der Waals surface area (Å²) in [6.07, 6.45) is 3.78. The van der Waals surface area contributed by atoms with Gasteiger partial charge in [0.05, 0.1) is 0 Å². The van der Waals surface area contributed by atoms with Gasteiger partial charge in [0.15, 0.2) is 0 Å². The smallest absolute Gasteiger partial charge is 0.254 e. The van der Waals surface area contributed by atoms with E-state index in [9.17, 15) is 9.59 Å². The lowest BCUT2D eigenvalue weighted by molar-refractivity contribution is -0.129. The van der Waals surface area contributed by atoms with E-state index in [2.05, 4.69) is 10.6 Å². The van der Waals surface area contributed by atoms with E-state index in [0.29, 0.717) is 24.6 Å². The predicted molar refractivity (Wildman–Crippen MR) is 101 cm³/mol. The number of halogens is 1. The molecule has 138 valence electrons. The second-order valence-corrected chi connectivity index (χ2v) is 7.10. The van der Waals surface area contributed by atoms with Crippen molar-refractivity contribution in [1.29, 1.82) is 0 Å². The van der Waals surface area contributed by atoms with Crippen LogP contribution in [-0.4, -0.2) is 48.4 Å². The minimum atomic E-state index is -0.735. The van der Waals surface area contributed by atoms with Gasteiger partial charge in [-0.25, -0.2) is 0 Å². The number of carbonyl (C=O) groups is 2. The monoisotopic (exact) mass is 365 g/mol. The summed E-state index contributed by atoms with van der Waals surface area (Å²) < 4.78 is 0. The van der Waals surface area contributed by atoms with Crippen LogP contribution in [0.4, 0.5) is 0 Å². The number of hydrogen-bond donors (Lipinski definition) is 2. The van der Waals surface area contributed by atoms with Crippen molar-refractivity contribution in [3.05, 3.63) is 35.9 Å². The first-order chi connectivity index (χ1) is 11.6. The van der Waals surface area contributed by atoms with Gasteiger partial charge in [0.25, 0.3) is 5.91 Å². The first-order valence-corrected chi connectivity index (χ1v) is 8.97. The Morgan fingerprint density at radius 2 is 2.08 bits per heavy atom. The van der Waals surface area contributed by atoms with E-state index >= 15 is 0 Å². The molecule has 2 saturated heterocycles. The summed E-state index contributed by atoms with van der Waals surface area (Å²) in [4.78, 5) is 27.3. The van der Waals surface area contributed by atoms with Gasteiger partial charge in [-0.2, -0.15) is 0 Å². The molecule has 2 heterocycles. The fourth-order valence-electron chi connectivity index (χ4n) is 3.80. The van der Waals surface area contributed by atoms with Gasteiger partial charge in [-0.1, -0.05) is 18.2 Å². The van der Waals surface area contributed by atoms with Gasteiger partial charge >= 0.3 is 0 Å². The first-order valence-electron chi connectivity index (χ1n) is 8.97. The minimum Gasteiger partial charge on any atom is -0.354 e. The highest BCUT2D eigenvalue weighted by molar-refractivity contribution is 5.99. The molecule has 2 unspecified atom stereocenters. The SMILES string of the molecule is CC1(C(=O)NCCC2CCNC2)CCCN1C(=O)c1ccccc1.Cl. The van der Waals surface area contributed by atoms with Crippen molar-refractivity contribution in [2.24, 2.45) is 5.92 Å². The molecule has 6 heteroatoms. The third-order valence-electron chi connectivity index (χ3n) is 5.40. The zero-order chi connectivity index (χ0) is 17.0. The first kappa shape index (κ1) is 19.7. The zero-order valence-electron chi connectivity index (χ0n) is 14.8. The van der Waals surface area contributed by atoms with Crippen molar-refractivity contribution in [3.63, 3.8) is 0 Å². The van der Waals surface area contributed by atoms with Gasteiger partial charge < -0.3 is 15.5 Å². The summed E-state index contributed by atoms with van der Waals surface area (Å²) in [6, 6.07) is 9.23. The Bertz CT molecular complexity index is 590. The maximum Gasteiger partial charge on any atom is 0.254 e. The molecular weight excluding hydrogens is 338 g/mol. The van der Waals surface area contributed by atoms with Gasteiger partial charge in [0.2, 0.25) is 5.91 Å². The summed E-state index contributed by atoms with van der Waals surface area (Å²) in [5, 5.41) is 6.42. The van der Waals surface area contributed by atoms with Crippen LogP contribution in [0.25, 0.3) is 0 Å². The largest absolute Gasteiger partial charge is 0.354 e. The normalized spacial score (nSPS) is 25.5. The highest BCUT2D eigenvalue weighted by atomic mass is 35.5. The van der Waals surface area contributed by atoms with Crippen LogP contribution in [0.2, 0.25) is 0 Å². The summed E-state index contributed by atoms with van der Waals surface area (Å²) in [7, 11) is 0. The van der Waals surface area contributed by atoms with E-state index < -0.39 is 5.54 Å². The lowest BCUT2D eigenvalue weighted by atomic mass is 9.96. The Morgan fingerprint density at radius 3 is 2.76 bits per heavy atom. The Balaban J connectivity index is 0.00000225. The van der Waals surface area contributed by atoms with Gasteiger partial charge in [0, 0.05) is 18.7 Å². The summed E-state index contributed by atoms with van der Waals surface area (Å²) in [5.74, 6) is 0.588. The third kappa shape index (κ3) is 4.33. The molecule has 1 aromatic rings. The number of hydrogen-bond acceptors (Lipinski definition) is 3. The number of nitrogens with zero attached hydrogens (tertiary/aromatic N) is 1. The van der Waals surface area contributed by atoms with Crippen LogP contribution in [0.3, 0.4) is 0 Å². The standard InChI is InChI=1S/C19H27N3O2.ClH/c1-19(18(24)21-12-9-15-8-11-20-14-15)10-5-13-22(19)17(23)16-6-3-2-4-7-16;/h2-4,6-7,15,20H,5,8-14H2,1H3,(H,21,24);1H. The molecule has 2 aliphatic rings. The highest BCUT2D eigenvalue weighted by Crippen LogP contribution is 2.30. The van der Waals surface area contributed by atoms with Crippen LogP contribution in [0, 0.1) is 5.92 Å². The van der Waals surface area contributed by atoms with E-state index in [1.165, 1.54) is 6.42 Å². The van der Waals surface area contributed by atoms with Crippen molar-refractivity contribution >= 4 is 24.2 Å². The van der Waals surface area contributed by atoms with Gasteiger partial charge in [-0.05, 0) is 63.7 Å². The predicted octanol–water partition coefficient (Wildman–Crippen LogP) is 2.22. The molecule has 0 aromatic heterocycles. The van der Waals surface area contributed by atoms with E-state index in [1.807, 2.05) is 37.3 Å². The number of amides is 2. The average Bonchev–Trinajstić information content (AvgIpc) is 3.25. The lowest BCUT2D eigenvalue weighted by Crippen LogP contribution is -2.55. The zero-order valence-corrected chi connectivity index (χ0v) is 15.6. The van der Waals surface area contributed by atoms with Crippen molar-refractivity contribution < 1.29 is 9.59 Å². The molecule has 0 radical (unpaired) electrons. The Morgan fingerprint density at radius 1 is 1.32 bits per heavy atom. The molecule has 3 rings (SSSR count). The molecule has 25 heavy (non-hydrogen) atoms. The summed E-state index contributed by atoms with van der Waals surface area (Å²) in [6.45, 7) is 5.35. The quantitative estimate of drug-likeness (QED) is 0.841. The Hall–Kier alpha value is -1.59. The Labute approximate surface area is 155 Å². The molecule has 5 nitrogen and oxygen atoms in total. The lowest BCUT2D eigenvalue weighted by Gasteiger charge is -2.34. The molecular formula is C19H28ClN3O2. The van der Waals surface area contributed by atoms with Crippen LogP contribution >= 0.6 is 12.4 Å².